The Morgan fingerprint density at radius 2 is 1.73 bits per heavy atom. The third kappa shape index (κ3) is 5.88. The van der Waals surface area contributed by atoms with Crippen molar-refractivity contribution in [2.45, 2.75) is 26.3 Å². The van der Waals surface area contributed by atoms with E-state index < -0.39 is 5.92 Å². The summed E-state index contributed by atoms with van der Waals surface area (Å²) >= 11 is 6.24. The fraction of sp³-hybridized carbons (Fsp3) is 0.333. The van der Waals surface area contributed by atoms with Gasteiger partial charge in [-0.2, -0.15) is 0 Å². The number of hydrogen-bond donors (Lipinski definition) is 0. The van der Waals surface area contributed by atoms with Gasteiger partial charge in [0.15, 0.2) is 0 Å². The molecule has 0 aromatic heterocycles. The van der Waals surface area contributed by atoms with E-state index in [1.54, 1.807) is 17.9 Å². The van der Waals surface area contributed by atoms with Crippen LogP contribution in [0.25, 0.3) is 0 Å². The van der Waals surface area contributed by atoms with Crippen LogP contribution in [0.15, 0.2) is 54.6 Å². The molecule has 0 bridgehead atoms. The predicted molar refractivity (Wildman–Crippen MR) is 103 cm³/mol. The summed E-state index contributed by atoms with van der Waals surface area (Å²) in [6.45, 7) is 2.43. The van der Waals surface area contributed by atoms with E-state index in [0.717, 1.165) is 11.1 Å². The van der Waals surface area contributed by atoms with Crippen LogP contribution in [0.1, 0.15) is 24.5 Å². The van der Waals surface area contributed by atoms with Crippen LogP contribution in [-0.4, -0.2) is 30.4 Å². The van der Waals surface area contributed by atoms with Crippen molar-refractivity contribution in [2.24, 2.45) is 5.92 Å². The summed E-state index contributed by atoms with van der Waals surface area (Å²) < 4.78 is 4.79. The summed E-state index contributed by atoms with van der Waals surface area (Å²) in [6.07, 6.45) is 1.04. The van der Waals surface area contributed by atoms with Gasteiger partial charge in [0.05, 0.1) is 13.0 Å². The molecule has 2 aromatic carbocycles. The van der Waals surface area contributed by atoms with Crippen LogP contribution in [0.2, 0.25) is 5.02 Å². The Balaban J connectivity index is 2.09. The van der Waals surface area contributed by atoms with Gasteiger partial charge in [-0.1, -0.05) is 67.1 Å². The molecule has 2 aromatic rings. The molecule has 0 fully saturated rings. The van der Waals surface area contributed by atoms with Crippen molar-refractivity contribution in [1.82, 2.24) is 4.90 Å². The maximum atomic E-state index is 12.8. The van der Waals surface area contributed by atoms with Gasteiger partial charge in [-0.3, -0.25) is 9.59 Å². The lowest BCUT2D eigenvalue weighted by Crippen LogP contribution is -2.37. The van der Waals surface area contributed by atoms with Gasteiger partial charge in [0.2, 0.25) is 5.91 Å². The first-order chi connectivity index (χ1) is 12.5. The molecule has 0 saturated carbocycles. The van der Waals surface area contributed by atoms with Gasteiger partial charge in [0, 0.05) is 24.5 Å². The van der Waals surface area contributed by atoms with E-state index in [-0.39, 0.29) is 11.9 Å². The Bertz CT molecular complexity index is 733. The van der Waals surface area contributed by atoms with Crippen LogP contribution >= 0.6 is 11.6 Å². The van der Waals surface area contributed by atoms with Crippen LogP contribution in [0, 0.1) is 5.92 Å². The van der Waals surface area contributed by atoms with Gasteiger partial charge < -0.3 is 9.64 Å². The summed E-state index contributed by atoms with van der Waals surface area (Å²) in [5.41, 5.74) is 1.97. The zero-order chi connectivity index (χ0) is 18.9. The minimum Gasteiger partial charge on any atom is -0.469 e. The number of ether oxygens (including phenoxy) is 1. The van der Waals surface area contributed by atoms with E-state index in [9.17, 15) is 9.59 Å². The number of hydrogen-bond acceptors (Lipinski definition) is 3. The van der Waals surface area contributed by atoms with Gasteiger partial charge >= 0.3 is 5.97 Å². The molecule has 1 amide bonds. The number of nitrogens with zero attached hydrogens (tertiary/aromatic N) is 1. The number of aryl methyl sites for hydroxylation is 1. The number of methoxy groups -OCH3 is 1. The quantitative estimate of drug-likeness (QED) is 0.654. The number of carbonyl (C=O) groups is 2. The molecule has 4 nitrogen and oxygen atoms in total. The number of benzene rings is 2. The second-order valence-corrected chi connectivity index (χ2v) is 6.68. The first kappa shape index (κ1) is 20.0. The van der Waals surface area contributed by atoms with Crippen molar-refractivity contribution in [2.75, 3.05) is 13.7 Å². The Morgan fingerprint density at radius 3 is 2.38 bits per heavy atom. The molecule has 2 rings (SSSR count). The lowest BCUT2D eigenvalue weighted by atomic mass is 10.1. The molecule has 0 saturated heterocycles. The zero-order valence-corrected chi connectivity index (χ0v) is 15.9. The molecular weight excluding hydrogens is 350 g/mol. The summed E-state index contributed by atoms with van der Waals surface area (Å²) in [4.78, 5) is 26.3. The Kier molecular flexibility index (Phi) is 7.67. The second-order valence-electron chi connectivity index (χ2n) is 6.28. The maximum absolute atomic E-state index is 12.8. The largest absolute Gasteiger partial charge is 0.469 e. The molecule has 0 aliphatic heterocycles. The minimum atomic E-state index is -0.400. The maximum Gasteiger partial charge on any atom is 0.310 e. The molecule has 1 atom stereocenters. The second kappa shape index (κ2) is 9.97. The van der Waals surface area contributed by atoms with Crippen molar-refractivity contribution in [3.63, 3.8) is 0 Å². The molecule has 1 unspecified atom stereocenters. The van der Waals surface area contributed by atoms with Crippen molar-refractivity contribution >= 4 is 23.5 Å². The van der Waals surface area contributed by atoms with Gasteiger partial charge in [-0.05, 0) is 23.6 Å². The van der Waals surface area contributed by atoms with E-state index in [2.05, 4.69) is 0 Å². The standard InChI is InChI=1S/C21H24ClNO3/c1-16(21(25)26-2)14-23(15-18-10-6-7-11-19(18)22)20(24)13-12-17-8-4-3-5-9-17/h3-11,16H,12-15H2,1-2H3. The summed E-state index contributed by atoms with van der Waals surface area (Å²) in [7, 11) is 1.36. The number of carbonyl (C=O) groups excluding carboxylic acids is 2. The average molecular weight is 374 g/mol. The molecule has 0 radical (unpaired) electrons. The first-order valence-corrected chi connectivity index (χ1v) is 9.02. The van der Waals surface area contributed by atoms with E-state index in [0.29, 0.717) is 31.0 Å². The smallest absolute Gasteiger partial charge is 0.310 e. The zero-order valence-electron chi connectivity index (χ0n) is 15.2. The molecule has 0 N–H and O–H groups in total. The SMILES string of the molecule is COC(=O)C(C)CN(Cc1ccccc1Cl)C(=O)CCc1ccccc1. The molecule has 0 aliphatic carbocycles. The van der Waals surface area contributed by atoms with Crippen molar-refractivity contribution in [1.29, 1.82) is 0 Å². The highest BCUT2D eigenvalue weighted by molar-refractivity contribution is 6.31. The normalized spacial score (nSPS) is 11.7. The Hall–Kier alpha value is -2.33. The van der Waals surface area contributed by atoms with Gasteiger partial charge in [-0.15, -0.1) is 0 Å². The Morgan fingerprint density at radius 1 is 1.08 bits per heavy atom. The molecule has 0 heterocycles. The third-order valence-corrected chi connectivity index (χ3v) is 4.61. The summed E-state index contributed by atoms with van der Waals surface area (Å²) in [5.74, 6) is -0.738. The van der Waals surface area contributed by atoms with Crippen LogP contribution in [-0.2, 0) is 27.3 Å². The Labute approximate surface area is 159 Å². The van der Waals surface area contributed by atoms with Gasteiger partial charge in [-0.25, -0.2) is 0 Å². The van der Waals surface area contributed by atoms with Crippen molar-refractivity contribution in [3.05, 3.63) is 70.7 Å². The number of rotatable bonds is 8. The average Bonchev–Trinajstić information content (AvgIpc) is 2.67. The fourth-order valence-electron chi connectivity index (χ4n) is 2.75. The molecule has 26 heavy (non-hydrogen) atoms. The van der Waals surface area contributed by atoms with Crippen molar-refractivity contribution in [3.8, 4) is 0 Å². The predicted octanol–water partition coefficient (Wildman–Crippen LogP) is 4.11. The van der Waals surface area contributed by atoms with E-state index in [1.165, 1.54) is 7.11 Å². The lowest BCUT2D eigenvalue weighted by Gasteiger charge is -2.26. The van der Waals surface area contributed by atoms with Crippen LogP contribution in [0.4, 0.5) is 0 Å². The number of amides is 1. The monoisotopic (exact) mass is 373 g/mol. The highest BCUT2D eigenvalue weighted by Gasteiger charge is 2.22. The third-order valence-electron chi connectivity index (χ3n) is 4.24. The summed E-state index contributed by atoms with van der Waals surface area (Å²) in [5, 5.41) is 0.610. The van der Waals surface area contributed by atoms with E-state index in [1.807, 2.05) is 48.5 Å². The molecule has 0 spiro atoms. The van der Waals surface area contributed by atoms with Gasteiger partial charge in [0.1, 0.15) is 0 Å². The highest BCUT2D eigenvalue weighted by Crippen LogP contribution is 2.19. The summed E-state index contributed by atoms with van der Waals surface area (Å²) in [6, 6.07) is 17.3. The van der Waals surface area contributed by atoms with Crippen LogP contribution in [0.5, 0.6) is 0 Å². The molecule has 0 aliphatic rings. The van der Waals surface area contributed by atoms with E-state index in [4.69, 9.17) is 16.3 Å². The van der Waals surface area contributed by atoms with E-state index >= 15 is 0 Å². The number of halogens is 1. The first-order valence-electron chi connectivity index (χ1n) is 8.64. The molecule has 5 heteroatoms. The van der Waals surface area contributed by atoms with Gasteiger partial charge in [0.25, 0.3) is 0 Å². The molecule has 138 valence electrons. The van der Waals surface area contributed by atoms with Crippen molar-refractivity contribution < 1.29 is 14.3 Å². The number of esters is 1. The van der Waals surface area contributed by atoms with Crippen LogP contribution < -0.4 is 0 Å². The minimum absolute atomic E-state index is 0.00970. The highest BCUT2D eigenvalue weighted by atomic mass is 35.5. The molecular formula is C21H24ClNO3. The lowest BCUT2D eigenvalue weighted by molar-refractivity contribution is -0.146. The van der Waals surface area contributed by atoms with Crippen LogP contribution in [0.3, 0.4) is 0 Å². The fourth-order valence-corrected chi connectivity index (χ4v) is 2.94. The topological polar surface area (TPSA) is 46.6 Å².